The average Bonchev–Trinajstić information content (AvgIpc) is 3.09. The van der Waals surface area contributed by atoms with Gasteiger partial charge >= 0.3 is 5.97 Å². The van der Waals surface area contributed by atoms with E-state index in [9.17, 15) is 14.7 Å². The third-order valence-electron chi connectivity index (χ3n) is 4.32. The Morgan fingerprint density at radius 3 is 2.72 bits per heavy atom. The van der Waals surface area contributed by atoms with Crippen LogP contribution < -0.4 is 5.32 Å². The number of hydrogen-bond acceptors (Lipinski definition) is 4. The van der Waals surface area contributed by atoms with E-state index in [1.54, 1.807) is 6.33 Å². The third-order valence-corrected chi connectivity index (χ3v) is 4.32. The van der Waals surface area contributed by atoms with Crippen LogP contribution in [0.2, 0.25) is 0 Å². The molecule has 25 heavy (non-hydrogen) atoms. The lowest BCUT2D eigenvalue weighted by molar-refractivity contribution is -0.143. The second-order valence-corrected chi connectivity index (χ2v) is 6.01. The van der Waals surface area contributed by atoms with Gasteiger partial charge < -0.3 is 10.4 Å². The van der Waals surface area contributed by atoms with Gasteiger partial charge in [0.2, 0.25) is 5.91 Å². The first-order valence-electron chi connectivity index (χ1n) is 8.26. The Balaban J connectivity index is 1.59. The number of carbonyl (C=O) groups excluding carboxylic acids is 1. The average molecular weight is 340 g/mol. The van der Waals surface area contributed by atoms with E-state index in [2.05, 4.69) is 15.5 Å². The Morgan fingerprint density at radius 2 is 1.96 bits per heavy atom. The molecule has 1 aliphatic rings. The monoisotopic (exact) mass is 340 g/mol. The van der Waals surface area contributed by atoms with E-state index in [1.165, 1.54) is 0 Å². The van der Waals surface area contributed by atoms with Crippen molar-refractivity contribution < 1.29 is 14.7 Å². The summed E-state index contributed by atoms with van der Waals surface area (Å²) < 4.78 is 1.84. The van der Waals surface area contributed by atoms with E-state index in [0.29, 0.717) is 25.1 Å². The number of carboxylic acid groups (broad SMARTS) is 1. The molecule has 0 radical (unpaired) electrons. The number of para-hydroxylation sites is 1. The Kier molecular flexibility index (Phi) is 5.23. The second kappa shape index (κ2) is 7.74. The van der Waals surface area contributed by atoms with Crippen LogP contribution in [0.15, 0.2) is 48.8 Å². The molecule has 2 N–H and O–H groups in total. The molecule has 0 saturated heterocycles. The van der Waals surface area contributed by atoms with E-state index < -0.39 is 11.9 Å². The number of rotatable bonds is 6. The number of aliphatic carboxylic acids is 1. The molecule has 2 aromatic rings. The van der Waals surface area contributed by atoms with Gasteiger partial charge in [0.15, 0.2) is 0 Å². The molecular weight excluding hydrogens is 320 g/mol. The first-order chi connectivity index (χ1) is 12.1. The zero-order valence-electron chi connectivity index (χ0n) is 13.7. The van der Waals surface area contributed by atoms with E-state index in [1.807, 2.05) is 47.1 Å². The number of aromatic nitrogens is 3. The second-order valence-electron chi connectivity index (χ2n) is 6.01. The number of carbonyl (C=O) groups is 2. The maximum atomic E-state index is 12.2. The van der Waals surface area contributed by atoms with Gasteiger partial charge in [-0.15, -0.1) is 10.2 Å². The molecule has 7 nitrogen and oxygen atoms in total. The van der Waals surface area contributed by atoms with Gasteiger partial charge in [-0.3, -0.25) is 14.2 Å². The lowest BCUT2D eigenvalue weighted by atomic mass is 9.89. The minimum absolute atomic E-state index is 0.172. The van der Waals surface area contributed by atoms with Crippen LogP contribution in [0, 0.1) is 5.92 Å². The molecule has 130 valence electrons. The minimum Gasteiger partial charge on any atom is -0.481 e. The highest BCUT2D eigenvalue weighted by molar-refractivity contribution is 5.78. The molecule has 0 fully saturated rings. The van der Waals surface area contributed by atoms with E-state index in [-0.39, 0.29) is 18.4 Å². The zero-order chi connectivity index (χ0) is 17.6. The summed E-state index contributed by atoms with van der Waals surface area (Å²) in [7, 11) is 0. The van der Waals surface area contributed by atoms with Gasteiger partial charge in [0, 0.05) is 24.6 Å². The molecule has 0 spiro atoms. The summed E-state index contributed by atoms with van der Waals surface area (Å²) in [6, 6.07) is 9.31. The number of hydrogen-bond donors (Lipinski definition) is 2. The zero-order valence-corrected chi connectivity index (χ0v) is 13.7. The molecule has 0 saturated carbocycles. The van der Waals surface area contributed by atoms with Gasteiger partial charge in [0.1, 0.15) is 12.2 Å². The van der Waals surface area contributed by atoms with Gasteiger partial charge in [-0.25, -0.2) is 0 Å². The molecule has 0 bridgehead atoms. The summed E-state index contributed by atoms with van der Waals surface area (Å²) in [6.45, 7) is 0. The van der Waals surface area contributed by atoms with Crippen LogP contribution >= 0.6 is 0 Å². The van der Waals surface area contributed by atoms with E-state index in [4.69, 9.17) is 0 Å². The fourth-order valence-electron chi connectivity index (χ4n) is 2.98. The van der Waals surface area contributed by atoms with Crippen LogP contribution in [0.25, 0.3) is 5.69 Å². The highest BCUT2D eigenvalue weighted by Crippen LogP contribution is 2.19. The van der Waals surface area contributed by atoms with Crippen LogP contribution in [0.4, 0.5) is 0 Å². The largest absolute Gasteiger partial charge is 0.481 e. The highest BCUT2D eigenvalue weighted by atomic mass is 16.4. The lowest BCUT2D eigenvalue weighted by Gasteiger charge is -2.26. The molecule has 1 aromatic carbocycles. The summed E-state index contributed by atoms with van der Waals surface area (Å²) >= 11 is 0. The van der Waals surface area contributed by atoms with E-state index in [0.717, 1.165) is 5.69 Å². The predicted octanol–water partition coefficient (Wildman–Crippen LogP) is 1.74. The van der Waals surface area contributed by atoms with Crippen LogP contribution in [0.5, 0.6) is 0 Å². The summed E-state index contributed by atoms with van der Waals surface area (Å²) in [5, 5.41) is 20.1. The fourth-order valence-corrected chi connectivity index (χ4v) is 2.98. The molecule has 0 aliphatic heterocycles. The molecule has 1 amide bonds. The Bertz CT molecular complexity index is 770. The number of amides is 1. The van der Waals surface area contributed by atoms with Crippen molar-refractivity contribution >= 4 is 11.9 Å². The molecule has 2 atom stereocenters. The minimum atomic E-state index is -0.876. The van der Waals surface area contributed by atoms with Crippen LogP contribution in [-0.4, -0.2) is 37.8 Å². The fraction of sp³-hybridized carbons (Fsp3) is 0.333. The van der Waals surface area contributed by atoms with E-state index >= 15 is 0 Å². The molecule has 1 aliphatic carbocycles. The van der Waals surface area contributed by atoms with Crippen molar-refractivity contribution in [3.63, 3.8) is 0 Å². The maximum Gasteiger partial charge on any atom is 0.308 e. The van der Waals surface area contributed by atoms with Crippen molar-refractivity contribution in [2.45, 2.75) is 31.7 Å². The van der Waals surface area contributed by atoms with Gasteiger partial charge in [0.25, 0.3) is 0 Å². The number of aryl methyl sites for hydroxylation is 1. The Morgan fingerprint density at radius 1 is 1.20 bits per heavy atom. The van der Waals surface area contributed by atoms with Crippen molar-refractivity contribution in [1.82, 2.24) is 20.1 Å². The van der Waals surface area contributed by atoms with Gasteiger partial charge in [0.05, 0.1) is 5.92 Å². The van der Waals surface area contributed by atoms with Crippen molar-refractivity contribution in [2.24, 2.45) is 5.92 Å². The smallest absolute Gasteiger partial charge is 0.308 e. The van der Waals surface area contributed by atoms with Crippen molar-refractivity contribution in [3.8, 4) is 5.69 Å². The van der Waals surface area contributed by atoms with Crippen molar-refractivity contribution in [2.75, 3.05) is 0 Å². The molecular formula is C18H20N4O3. The van der Waals surface area contributed by atoms with Crippen LogP contribution in [0.3, 0.4) is 0 Å². The lowest BCUT2D eigenvalue weighted by Crippen LogP contribution is -2.44. The molecule has 7 heteroatoms. The molecule has 3 rings (SSSR count). The third kappa shape index (κ3) is 4.12. The molecule has 0 unspecified atom stereocenters. The Hall–Kier alpha value is -2.96. The standard InChI is InChI=1S/C18H20N4O3/c23-17(20-15-9-5-4-8-14(15)18(24)25)11-10-16-21-19-12-22(16)13-6-2-1-3-7-13/h1-7,12,14-15H,8-11H2,(H,20,23)(H,24,25)/t14-,15+/m1/s1. The number of allylic oxidation sites excluding steroid dienone is 1. The SMILES string of the molecule is O=C(CCc1nncn1-c1ccccc1)N[C@H]1CC=CC[C@H]1C(=O)O. The first kappa shape index (κ1) is 16.9. The molecule has 1 aromatic heterocycles. The normalized spacial score (nSPS) is 19.5. The first-order valence-corrected chi connectivity index (χ1v) is 8.26. The van der Waals surface area contributed by atoms with Crippen molar-refractivity contribution in [3.05, 3.63) is 54.6 Å². The highest BCUT2D eigenvalue weighted by Gasteiger charge is 2.29. The number of nitrogens with one attached hydrogen (secondary N) is 1. The van der Waals surface area contributed by atoms with Gasteiger partial charge in [-0.2, -0.15) is 0 Å². The topological polar surface area (TPSA) is 97.1 Å². The quantitative estimate of drug-likeness (QED) is 0.781. The number of carboxylic acids is 1. The van der Waals surface area contributed by atoms with Crippen LogP contribution in [0.1, 0.15) is 25.1 Å². The van der Waals surface area contributed by atoms with Gasteiger partial charge in [-0.1, -0.05) is 30.4 Å². The predicted molar refractivity (Wildman–Crippen MR) is 91.1 cm³/mol. The van der Waals surface area contributed by atoms with Crippen LogP contribution in [-0.2, 0) is 16.0 Å². The maximum absolute atomic E-state index is 12.2. The number of nitrogens with zero attached hydrogens (tertiary/aromatic N) is 3. The van der Waals surface area contributed by atoms with Crippen molar-refractivity contribution in [1.29, 1.82) is 0 Å². The summed E-state index contributed by atoms with van der Waals surface area (Å²) in [5.41, 5.74) is 0.936. The summed E-state index contributed by atoms with van der Waals surface area (Å²) in [4.78, 5) is 23.5. The molecule has 1 heterocycles. The number of benzene rings is 1. The van der Waals surface area contributed by atoms with Gasteiger partial charge in [-0.05, 0) is 25.0 Å². The summed E-state index contributed by atoms with van der Waals surface area (Å²) in [5.74, 6) is -0.922. The Labute approximate surface area is 145 Å². The summed E-state index contributed by atoms with van der Waals surface area (Å²) in [6.07, 6.45) is 7.04.